The second-order valence-corrected chi connectivity index (χ2v) is 6.34. The van der Waals surface area contributed by atoms with Crippen LogP contribution in [0.3, 0.4) is 0 Å². The number of carbonyl (C=O) groups excluding carboxylic acids is 2. The molecule has 0 bridgehead atoms. The molecule has 3 rings (SSSR count). The Labute approximate surface area is 140 Å². The van der Waals surface area contributed by atoms with Gasteiger partial charge in [0.2, 0.25) is 17.8 Å². The van der Waals surface area contributed by atoms with Crippen LogP contribution in [0.25, 0.3) is 0 Å². The number of nitrogens with one attached hydrogen (secondary N) is 3. The molecule has 3 N–H and O–H groups in total. The van der Waals surface area contributed by atoms with Crippen LogP contribution in [0, 0.1) is 13.8 Å². The quantitative estimate of drug-likeness (QED) is 0.769. The van der Waals surface area contributed by atoms with E-state index in [9.17, 15) is 9.59 Å². The number of rotatable bonds is 2. The van der Waals surface area contributed by atoms with Crippen molar-refractivity contribution in [1.82, 2.24) is 15.8 Å². The second kappa shape index (κ2) is 5.99. The molecule has 0 aromatic heterocycles. The number of hydrogen-bond donors (Lipinski definition) is 3. The van der Waals surface area contributed by atoms with Crippen molar-refractivity contribution in [1.29, 1.82) is 0 Å². The summed E-state index contributed by atoms with van der Waals surface area (Å²) >= 11 is 0. The van der Waals surface area contributed by atoms with Crippen molar-refractivity contribution in [2.45, 2.75) is 40.2 Å². The van der Waals surface area contributed by atoms with Crippen LogP contribution in [0.4, 0.5) is 5.69 Å². The minimum Gasteiger partial charge on any atom is -0.324 e. The SMILES string of the molecule is CC(C)=C1N=C2NC(=O)C[C@H](C(=O)Nc3cc(C)ccc3C)N2N1. The Bertz CT molecular complexity index is 777. The zero-order valence-electron chi connectivity index (χ0n) is 14.2. The summed E-state index contributed by atoms with van der Waals surface area (Å²) in [6.45, 7) is 7.73. The predicted octanol–water partition coefficient (Wildman–Crippen LogP) is 1.56. The normalized spacial score (nSPS) is 19.2. The van der Waals surface area contributed by atoms with Gasteiger partial charge < -0.3 is 5.32 Å². The van der Waals surface area contributed by atoms with E-state index >= 15 is 0 Å². The summed E-state index contributed by atoms with van der Waals surface area (Å²) in [5, 5.41) is 7.23. The standard InChI is InChI=1S/C17H21N5O2/c1-9(2)15-20-17-19-14(23)8-13(22(17)21-15)16(24)18-12-7-10(3)5-6-11(12)4/h5-7,13,21H,8H2,1-4H3,(H,18,24)(H,19,20,23)/t13-/m1/s1. The van der Waals surface area contributed by atoms with E-state index in [4.69, 9.17) is 0 Å². The lowest BCUT2D eigenvalue weighted by Crippen LogP contribution is -2.61. The number of allylic oxidation sites excluding steroid dienone is 1. The second-order valence-electron chi connectivity index (χ2n) is 6.34. The molecule has 7 heteroatoms. The van der Waals surface area contributed by atoms with E-state index in [1.54, 1.807) is 5.01 Å². The highest BCUT2D eigenvalue weighted by Gasteiger charge is 2.39. The predicted molar refractivity (Wildman–Crippen MR) is 91.9 cm³/mol. The number of aryl methyl sites for hydroxylation is 2. The number of guanidine groups is 1. The first kappa shape index (κ1) is 16.0. The fourth-order valence-electron chi connectivity index (χ4n) is 2.63. The summed E-state index contributed by atoms with van der Waals surface area (Å²) in [7, 11) is 0. The minimum absolute atomic E-state index is 0.0682. The lowest BCUT2D eigenvalue weighted by molar-refractivity contribution is -0.129. The van der Waals surface area contributed by atoms with E-state index in [0.717, 1.165) is 22.4 Å². The smallest absolute Gasteiger partial charge is 0.249 e. The highest BCUT2D eigenvalue weighted by molar-refractivity contribution is 6.07. The number of benzene rings is 1. The van der Waals surface area contributed by atoms with Crippen molar-refractivity contribution < 1.29 is 9.59 Å². The molecular weight excluding hydrogens is 306 g/mol. The molecule has 0 unspecified atom stereocenters. The molecule has 1 aromatic rings. The van der Waals surface area contributed by atoms with Crippen molar-refractivity contribution in [2.24, 2.45) is 4.99 Å². The Morgan fingerprint density at radius 3 is 2.79 bits per heavy atom. The topological polar surface area (TPSA) is 85.8 Å². The number of fused-ring (bicyclic) bond motifs is 1. The fraction of sp³-hybridized carbons (Fsp3) is 0.353. The summed E-state index contributed by atoms with van der Waals surface area (Å²) in [4.78, 5) is 29.0. The monoisotopic (exact) mass is 327 g/mol. The summed E-state index contributed by atoms with van der Waals surface area (Å²) < 4.78 is 0. The van der Waals surface area contributed by atoms with E-state index in [-0.39, 0.29) is 18.2 Å². The van der Waals surface area contributed by atoms with Crippen molar-refractivity contribution >= 4 is 23.5 Å². The van der Waals surface area contributed by atoms with E-state index in [1.165, 1.54) is 0 Å². The van der Waals surface area contributed by atoms with Gasteiger partial charge in [-0.1, -0.05) is 12.1 Å². The third-order valence-corrected chi connectivity index (χ3v) is 4.04. The number of nitrogens with zero attached hydrogens (tertiary/aromatic N) is 2. The van der Waals surface area contributed by atoms with Crippen LogP contribution in [0.1, 0.15) is 31.4 Å². The van der Waals surface area contributed by atoms with Gasteiger partial charge in [-0.15, -0.1) is 0 Å². The van der Waals surface area contributed by atoms with Gasteiger partial charge in [0, 0.05) is 5.69 Å². The number of hydrazine groups is 1. The number of aliphatic imine (C=N–C) groups is 1. The molecule has 1 atom stereocenters. The summed E-state index contributed by atoms with van der Waals surface area (Å²) in [6.07, 6.45) is 0.0682. The van der Waals surface area contributed by atoms with E-state index in [2.05, 4.69) is 21.1 Å². The van der Waals surface area contributed by atoms with Crippen LogP contribution < -0.4 is 16.1 Å². The molecule has 1 fully saturated rings. The summed E-state index contributed by atoms with van der Waals surface area (Å²) in [5.74, 6) is 0.553. The first-order chi connectivity index (χ1) is 11.3. The van der Waals surface area contributed by atoms with Gasteiger partial charge in [0.05, 0.1) is 6.42 Å². The van der Waals surface area contributed by atoms with Gasteiger partial charge in [-0.25, -0.2) is 5.01 Å². The molecule has 24 heavy (non-hydrogen) atoms. The zero-order valence-corrected chi connectivity index (χ0v) is 14.2. The molecule has 1 aromatic carbocycles. The van der Waals surface area contributed by atoms with Crippen molar-refractivity contribution in [3.05, 3.63) is 40.7 Å². The average molecular weight is 327 g/mol. The fourth-order valence-corrected chi connectivity index (χ4v) is 2.63. The lowest BCUT2D eigenvalue weighted by Gasteiger charge is -2.32. The Morgan fingerprint density at radius 1 is 1.33 bits per heavy atom. The van der Waals surface area contributed by atoms with Crippen LogP contribution in [0.2, 0.25) is 0 Å². The largest absolute Gasteiger partial charge is 0.324 e. The third kappa shape index (κ3) is 2.97. The Morgan fingerprint density at radius 2 is 2.08 bits per heavy atom. The van der Waals surface area contributed by atoms with Crippen molar-refractivity contribution in [2.75, 3.05) is 5.32 Å². The molecule has 2 aliphatic rings. The maximum absolute atomic E-state index is 12.8. The van der Waals surface area contributed by atoms with E-state index < -0.39 is 6.04 Å². The first-order valence-electron chi connectivity index (χ1n) is 7.85. The molecule has 7 nitrogen and oxygen atoms in total. The molecule has 0 aliphatic carbocycles. The zero-order chi connectivity index (χ0) is 17.4. The maximum atomic E-state index is 12.8. The van der Waals surface area contributed by atoms with Gasteiger partial charge in [-0.05, 0) is 50.5 Å². The number of anilines is 1. The Hall–Kier alpha value is -2.83. The van der Waals surface area contributed by atoms with Gasteiger partial charge in [-0.3, -0.25) is 20.3 Å². The van der Waals surface area contributed by atoms with Gasteiger partial charge in [0.25, 0.3) is 0 Å². The first-order valence-corrected chi connectivity index (χ1v) is 7.85. The highest BCUT2D eigenvalue weighted by atomic mass is 16.2. The van der Waals surface area contributed by atoms with Crippen molar-refractivity contribution in [3.8, 4) is 0 Å². The number of amides is 2. The molecule has 2 amide bonds. The molecule has 1 saturated heterocycles. The molecule has 0 spiro atoms. The number of carbonyl (C=O) groups is 2. The van der Waals surface area contributed by atoms with Crippen LogP contribution in [-0.2, 0) is 9.59 Å². The minimum atomic E-state index is -0.658. The molecule has 0 radical (unpaired) electrons. The van der Waals surface area contributed by atoms with Gasteiger partial charge in [-0.2, -0.15) is 4.99 Å². The van der Waals surface area contributed by atoms with Gasteiger partial charge >= 0.3 is 0 Å². The Kier molecular flexibility index (Phi) is 4.01. The molecule has 0 saturated carbocycles. The summed E-state index contributed by atoms with van der Waals surface area (Å²) in [6, 6.07) is 5.21. The lowest BCUT2D eigenvalue weighted by atomic mass is 10.1. The van der Waals surface area contributed by atoms with Crippen LogP contribution in [0.5, 0.6) is 0 Å². The third-order valence-electron chi connectivity index (χ3n) is 4.04. The van der Waals surface area contributed by atoms with Crippen LogP contribution >= 0.6 is 0 Å². The summed E-state index contributed by atoms with van der Waals surface area (Å²) in [5.41, 5.74) is 6.85. The number of hydrogen-bond acceptors (Lipinski definition) is 5. The molecule has 2 aliphatic heterocycles. The van der Waals surface area contributed by atoms with E-state index in [1.807, 2.05) is 45.9 Å². The maximum Gasteiger partial charge on any atom is 0.249 e. The molecular formula is C17H21N5O2. The van der Waals surface area contributed by atoms with Crippen molar-refractivity contribution in [3.63, 3.8) is 0 Å². The Balaban J connectivity index is 1.84. The van der Waals surface area contributed by atoms with Crippen LogP contribution in [-0.4, -0.2) is 28.8 Å². The average Bonchev–Trinajstić information content (AvgIpc) is 2.94. The van der Waals surface area contributed by atoms with Gasteiger partial charge in [0.1, 0.15) is 11.9 Å². The van der Waals surface area contributed by atoms with E-state index in [0.29, 0.717) is 11.8 Å². The highest BCUT2D eigenvalue weighted by Crippen LogP contribution is 2.21. The molecule has 126 valence electrons. The van der Waals surface area contributed by atoms with Crippen LogP contribution in [0.15, 0.2) is 34.6 Å². The molecule has 2 heterocycles. The van der Waals surface area contributed by atoms with Gasteiger partial charge in [0.15, 0.2) is 0 Å².